The number of nitrogens with two attached hydrogens (primary N) is 1. The van der Waals surface area contributed by atoms with Gasteiger partial charge in [-0.3, -0.25) is 4.79 Å². The molecule has 4 nitrogen and oxygen atoms in total. The molecule has 1 atom stereocenters. The zero-order valence-corrected chi connectivity index (χ0v) is 12.8. The third kappa shape index (κ3) is 3.28. The maximum absolute atomic E-state index is 12.3. The number of carbonyl (C=O) groups excluding carboxylic acids is 1. The summed E-state index contributed by atoms with van der Waals surface area (Å²) in [6, 6.07) is 1.87. The van der Waals surface area contributed by atoms with Crippen LogP contribution >= 0.6 is 28.3 Å². The molecule has 18 heavy (non-hydrogen) atoms. The summed E-state index contributed by atoms with van der Waals surface area (Å²) in [5.74, 6) is 0.563. The molecule has 2 rings (SSSR count). The number of aryl methyl sites for hydroxylation is 1. The largest absolute Gasteiger partial charge is 0.345 e. The van der Waals surface area contributed by atoms with Crippen molar-refractivity contribution in [3.8, 4) is 0 Å². The Bertz CT molecular complexity index is 421. The molecule has 1 aromatic rings. The zero-order chi connectivity index (χ0) is 12.4. The Kier molecular flexibility index (Phi) is 5.69. The topological polar surface area (TPSA) is 51.3 Å². The molecule has 1 fully saturated rings. The lowest BCUT2D eigenvalue weighted by atomic mass is 9.98. The van der Waals surface area contributed by atoms with Crippen LogP contribution in [0.4, 0.5) is 0 Å². The van der Waals surface area contributed by atoms with E-state index in [1.165, 1.54) is 0 Å². The van der Waals surface area contributed by atoms with Gasteiger partial charge in [0.25, 0.3) is 5.91 Å². The van der Waals surface area contributed by atoms with Gasteiger partial charge >= 0.3 is 0 Å². The van der Waals surface area contributed by atoms with Crippen molar-refractivity contribution in [3.63, 3.8) is 0 Å². The van der Waals surface area contributed by atoms with Gasteiger partial charge in [-0.05, 0) is 47.3 Å². The van der Waals surface area contributed by atoms with Crippen LogP contribution in [-0.2, 0) is 7.05 Å². The molecule has 1 amide bonds. The van der Waals surface area contributed by atoms with Crippen LogP contribution in [0.2, 0.25) is 0 Å². The molecule has 0 aliphatic carbocycles. The molecule has 0 saturated carbocycles. The van der Waals surface area contributed by atoms with Crippen molar-refractivity contribution in [1.29, 1.82) is 0 Å². The van der Waals surface area contributed by atoms with Gasteiger partial charge in [-0.1, -0.05) is 0 Å². The molecule has 1 aromatic heterocycles. The second-order valence-electron chi connectivity index (χ2n) is 4.65. The Labute approximate surface area is 122 Å². The van der Waals surface area contributed by atoms with Gasteiger partial charge in [-0.15, -0.1) is 12.4 Å². The van der Waals surface area contributed by atoms with Crippen LogP contribution in [0.15, 0.2) is 16.7 Å². The highest BCUT2D eigenvalue weighted by Crippen LogP contribution is 2.20. The molecule has 0 spiro atoms. The van der Waals surface area contributed by atoms with Crippen LogP contribution in [0.5, 0.6) is 0 Å². The minimum absolute atomic E-state index is 0. The number of nitrogens with zero attached hydrogens (tertiary/aromatic N) is 2. The third-order valence-electron chi connectivity index (χ3n) is 3.33. The van der Waals surface area contributed by atoms with E-state index in [1.54, 1.807) is 0 Å². The van der Waals surface area contributed by atoms with Gasteiger partial charge in [0.15, 0.2) is 0 Å². The van der Waals surface area contributed by atoms with Crippen molar-refractivity contribution in [1.82, 2.24) is 9.47 Å². The van der Waals surface area contributed by atoms with Crippen molar-refractivity contribution in [2.45, 2.75) is 12.8 Å². The summed E-state index contributed by atoms with van der Waals surface area (Å²) < 4.78 is 2.80. The Balaban J connectivity index is 0.00000162. The number of halogens is 2. The Morgan fingerprint density at radius 2 is 2.33 bits per heavy atom. The van der Waals surface area contributed by atoms with Crippen molar-refractivity contribution in [3.05, 3.63) is 22.4 Å². The van der Waals surface area contributed by atoms with Gasteiger partial charge in [-0.2, -0.15) is 0 Å². The fraction of sp³-hybridized carbons (Fsp3) is 0.583. The molecule has 0 radical (unpaired) electrons. The number of hydrogen-bond donors (Lipinski definition) is 1. The Hall–Kier alpha value is -0.520. The SMILES string of the molecule is Cl.Cn1cc(Br)cc1C(=O)N1CCCC(CN)C1. The minimum atomic E-state index is 0. The van der Waals surface area contributed by atoms with E-state index in [0.717, 1.165) is 36.1 Å². The predicted octanol–water partition coefficient (Wildman–Crippen LogP) is 2.02. The summed E-state index contributed by atoms with van der Waals surface area (Å²) in [7, 11) is 1.89. The zero-order valence-electron chi connectivity index (χ0n) is 10.4. The monoisotopic (exact) mass is 335 g/mol. The van der Waals surface area contributed by atoms with Gasteiger partial charge in [0.1, 0.15) is 5.69 Å². The average Bonchev–Trinajstić information content (AvgIpc) is 2.67. The van der Waals surface area contributed by atoms with Crippen LogP contribution in [0.25, 0.3) is 0 Å². The minimum Gasteiger partial charge on any atom is -0.345 e. The molecule has 1 aliphatic rings. The number of aromatic nitrogens is 1. The summed E-state index contributed by atoms with van der Waals surface area (Å²) >= 11 is 3.39. The van der Waals surface area contributed by atoms with Crippen LogP contribution in [0, 0.1) is 5.92 Å². The normalized spacial score (nSPS) is 19.5. The lowest BCUT2D eigenvalue weighted by Crippen LogP contribution is -2.42. The van der Waals surface area contributed by atoms with E-state index in [4.69, 9.17) is 5.73 Å². The highest BCUT2D eigenvalue weighted by molar-refractivity contribution is 9.10. The molecule has 0 bridgehead atoms. The van der Waals surface area contributed by atoms with Crippen molar-refractivity contribution >= 4 is 34.2 Å². The van der Waals surface area contributed by atoms with Gasteiger partial charge < -0.3 is 15.2 Å². The second kappa shape index (κ2) is 6.59. The van der Waals surface area contributed by atoms with Crippen LogP contribution in [-0.4, -0.2) is 35.0 Å². The van der Waals surface area contributed by atoms with Gasteiger partial charge in [-0.25, -0.2) is 0 Å². The predicted molar refractivity (Wildman–Crippen MR) is 78.0 cm³/mol. The summed E-state index contributed by atoms with van der Waals surface area (Å²) in [5, 5.41) is 0. The fourth-order valence-corrected chi connectivity index (χ4v) is 2.86. The quantitative estimate of drug-likeness (QED) is 0.898. The number of likely N-dealkylation sites (tertiary alicyclic amines) is 1. The van der Waals surface area contributed by atoms with E-state index in [9.17, 15) is 4.79 Å². The van der Waals surface area contributed by atoms with Gasteiger partial charge in [0.05, 0.1) is 0 Å². The first kappa shape index (κ1) is 15.5. The molecule has 1 aliphatic heterocycles. The molecule has 2 heterocycles. The molecule has 6 heteroatoms. The lowest BCUT2D eigenvalue weighted by Gasteiger charge is -2.32. The number of amides is 1. The number of piperidine rings is 1. The summed E-state index contributed by atoms with van der Waals surface area (Å²) in [6.07, 6.45) is 4.09. The number of hydrogen-bond acceptors (Lipinski definition) is 2. The first-order valence-electron chi connectivity index (χ1n) is 5.93. The molecule has 1 unspecified atom stereocenters. The van der Waals surface area contributed by atoms with Gasteiger partial charge in [0.2, 0.25) is 0 Å². The van der Waals surface area contributed by atoms with E-state index >= 15 is 0 Å². The van der Waals surface area contributed by atoms with Crippen LogP contribution in [0.1, 0.15) is 23.3 Å². The first-order chi connectivity index (χ1) is 8.11. The molecule has 0 aromatic carbocycles. The van der Waals surface area contributed by atoms with E-state index in [-0.39, 0.29) is 18.3 Å². The highest BCUT2D eigenvalue weighted by atomic mass is 79.9. The lowest BCUT2D eigenvalue weighted by molar-refractivity contribution is 0.0668. The van der Waals surface area contributed by atoms with Crippen molar-refractivity contribution < 1.29 is 4.79 Å². The van der Waals surface area contributed by atoms with Crippen molar-refractivity contribution in [2.75, 3.05) is 19.6 Å². The number of carbonyl (C=O) groups is 1. The van der Waals surface area contributed by atoms with E-state index in [2.05, 4.69) is 15.9 Å². The Morgan fingerprint density at radius 1 is 1.61 bits per heavy atom. The standard InChI is InChI=1S/C12H18BrN3O.ClH/c1-15-8-10(13)5-11(15)12(17)16-4-2-3-9(6-14)7-16;/h5,8-9H,2-4,6-7,14H2,1H3;1H. The molecule has 1 saturated heterocycles. The fourth-order valence-electron chi connectivity index (χ4n) is 2.34. The molecular formula is C12H19BrClN3O. The molecule has 102 valence electrons. The van der Waals surface area contributed by atoms with E-state index in [0.29, 0.717) is 12.5 Å². The smallest absolute Gasteiger partial charge is 0.270 e. The summed E-state index contributed by atoms with van der Waals surface area (Å²) in [4.78, 5) is 14.3. The first-order valence-corrected chi connectivity index (χ1v) is 6.72. The van der Waals surface area contributed by atoms with Crippen molar-refractivity contribution in [2.24, 2.45) is 18.7 Å². The third-order valence-corrected chi connectivity index (χ3v) is 3.76. The summed E-state index contributed by atoms with van der Waals surface area (Å²) in [6.45, 7) is 2.30. The average molecular weight is 337 g/mol. The van der Waals surface area contributed by atoms with E-state index < -0.39 is 0 Å². The van der Waals surface area contributed by atoms with Crippen LogP contribution < -0.4 is 5.73 Å². The molecule has 2 N–H and O–H groups in total. The van der Waals surface area contributed by atoms with Gasteiger partial charge in [0, 0.05) is 30.8 Å². The Morgan fingerprint density at radius 3 is 2.89 bits per heavy atom. The van der Waals surface area contributed by atoms with Crippen LogP contribution in [0.3, 0.4) is 0 Å². The maximum atomic E-state index is 12.3. The highest BCUT2D eigenvalue weighted by Gasteiger charge is 2.25. The molecular weight excluding hydrogens is 318 g/mol. The summed E-state index contributed by atoms with van der Waals surface area (Å²) in [5.41, 5.74) is 6.42. The van der Waals surface area contributed by atoms with E-state index in [1.807, 2.05) is 28.8 Å². The number of rotatable bonds is 2. The second-order valence-corrected chi connectivity index (χ2v) is 5.57. The maximum Gasteiger partial charge on any atom is 0.270 e.